The minimum absolute atomic E-state index is 0.0477. The van der Waals surface area contributed by atoms with Crippen LogP contribution in [-0.4, -0.2) is 68.3 Å². The lowest BCUT2D eigenvalue weighted by Crippen LogP contribution is -2.43. The van der Waals surface area contributed by atoms with Crippen molar-refractivity contribution in [3.63, 3.8) is 0 Å². The van der Waals surface area contributed by atoms with Gasteiger partial charge in [0.1, 0.15) is 18.5 Å². The Hall–Kier alpha value is -2.64. The van der Waals surface area contributed by atoms with E-state index < -0.39 is 0 Å². The van der Waals surface area contributed by atoms with Gasteiger partial charge in [-0.25, -0.2) is 0 Å². The molecule has 0 saturated carbocycles. The lowest BCUT2D eigenvalue weighted by atomic mass is 9.96. The number of carbonyl (C=O) groups excluding carboxylic acids is 2. The number of unbranched alkanes of at least 4 members (excludes halogenated alkanes) is 1. The van der Waals surface area contributed by atoms with Crippen LogP contribution in [0.1, 0.15) is 55.3 Å². The summed E-state index contributed by atoms with van der Waals surface area (Å²) < 4.78 is 11.6. The van der Waals surface area contributed by atoms with Gasteiger partial charge in [-0.3, -0.25) is 9.59 Å². The zero-order chi connectivity index (χ0) is 23.6. The fourth-order valence-electron chi connectivity index (χ4n) is 4.81. The number of rotatable bonds is 11. The Kier molecular flexibility index (Phi) is 9.16. The third-order valence-corrected chi connectivity index (χ3v) is 6.59. The number of nitrogens with zero attached hydrogens (tertiary/aromatic N) is 1. The van der Waals surface area contributed by atoms with Crippen molar-refractivity contribution in [1.82, 2.24) is 15.5 Å². The Balaban J connectivity index is 1.21. The number of fused-ring (bicyclic) bond motifs is 1. The zero-order valence-electron chi connectivity index (χ0n) is 20.0. The fourth-order valence-corrected chi connectivity index (χ4v) is 4.81. The minimum Gasteiger partial charge on any atom is -0.493 e. The summed E-state index contributed by atoms with van der Waals surface area (Å²) in [5.74, 6) is 0.936. The van der Waals surface area contributed by atoms with Gasteiger partial charge in [0.2, 0.25) is 5.91 Å². The Labute approximate surface area is 202 Å². The van der Waals surface area contributed by atoms with Gasteiger partial charge in [-0.05, 0) is 75.4 Å². The van der Waals surface area contributed by atoms with Gasteiger partial charge in [-0.2, -0.15) is 0 Å². The molecular weight excluding hydrogens is 430 g/mol. The van der Waals surface area contributed by atoms with Crippen molar-refractivity contribution >= 4 is 11.8 Å². The third kappa shape index (κ3) is 7.43. The monoisotopic (exact) mass is 467 g/mol. The summed E-state index contributed by atoms with van der Waals surface area (Å²) in [7, 11) is 0. The molecule has 34 heavy (non-hydrogen) atoms. The molecule has 2 aliphatic heterocycles. The van der Waals surface area contributed by atoms with Gasteiger partial charge < -0.3 is 25.0 Å². The van der Waals surface area contributed by atoms with Gasteiger partial charge in [0, 0.05) is 31.1 Å². The number of likely N-dealkylation sites (tertiary alicyclic amines) is 1. The highest BCUT2D eigenvalue weighted by Gasteiger charge is 2.26. The number of carbonyl (C=O) groups is 2. The molecule has 2 amide bonds. The third-order valence-electron chi connectivity index (χ3n) is 6.59. The molecule has 0 bridgehead atoms. The summed E-state index contributed by atoms with van der Waals surface area (Å²) in [5, 5.41) is 6.20. The quantitative estimate of drug-likeness (QED) is 0.489. The van der Waals surface area contributed by atoms with Gasteiger partial charge in [-0.1, -0.05) is 24.3 Å². The molecule has 7 nitrogen and oxygen atoms in total. The largest absolute Gasteiger partial charge is 0.493 e. The van der Waals surface area contributed by atoms with E-state index in [1.807, 2.05) is 18.2 Å². The fraction of sp³-hybridized carbons (Fsp3) is 0.556. The standard InChI is InChI=1S/C27H37N3O4/c31-26(10-4-5-13-28-27(32)22-8-2-1-3-9-22)29-23(20-30-14-6-7-15-30)18-21-11-12-24-25(19-21)34-17-16-33-24/h1-3,8-9,11,19,23-24H,4-7,10,12-18,20H2,(H,28,32)(H,29,31)/t23-,24?/m0/s1. The molecule has 0 aromatic heterocycles. The summed E-state index contributed by atoms with van der Waals surface area (Å²) in [6, 6.07) is 9.27. The first-order valence-electron chi connectivity index (χ1n) is 12.7. The molecule has 2 saturated heterocycles. The second-order valence-electron chi connectivity index (χ2n) is 9.32. The predicted molar refractivity (Wildman–Crippen MR) is 131 cm³/mol. The minimum atomic E-state index is -0.0693. The van der Waals surface area contributed by atoms with Crippen LogP contribution in [0, 0.1) is 0 Å². The lowest BCUT2D eigenvalue weighted by Gasteiger charge is -2.30. The van der Waals surface area contributed by atoms with E-state index in [0.717, 1.165) is 51.1 Å². The van der Waals surface area contributed by atoms with Gasteiger partial charge in [0.25, 0.3) is 5.91 Å². The van der Waals surface area contributed by atoms with Crippen LogP contribution in [0.3, 0.4) is 0 Å². The molecular formula is C27H37N3O4. The SMILES string of the molecule is O=C(CCCCNC(=O)c1ccccc1)N[C@@H](CC1=CCC2OCCOC2=C1)CN1CCCC1. The topological polar surface area (TPSA) is 79.9 Å². The van der Waals surface area contributed by atoms with E-state index in [0.29, 0.717) is 31.7 Å². The molecule has 184 valence electrons. The average Bonchev–Trinajstić information content (AvgIpc) is 3.37. The van der Waals surface area contributed by atoms with Crippen LogP contribution in [0.25, 0.3) is 0 Å². The van der Waals surface area contributed by atoms with Gasteiger partial charge in [0.15, 0.2) is 0 Å². The van der Waals surface area contributed by atoms with E-state index in [2.05, 4.69) is 27.7 Å². The Bertz CT molecular complexity index is 877. The molecule has 1 aromatic rings. The zero-order valence-corrected chi connectivity index (χ0v) is 20.0. The van der Waals surface area contributed by atoms with Crippen molar-refractivity contribution in [3.05, 3.63) is 59.4 Å². The van der Waals surface area contributed by atoms with E-state index in [1.165, 1.54) is 18.4 Å². The van der Waals surface area contributed by atoms with Crippen LogP contribution >= 0.6 is 0 Å². The molecule has 1 aliphatic carbocycles. The van der Waals surface area contributed by atoms with Crippen molar-refractivity contribution in [3.8, 4) is 0 Å². The summed E-state index contributed by atoms with van der Waals surface area (Å²) in [4.78, 5) is 27.3. The number of hydrogen-bond donors (Lipinski definition) is 2. The molecule has 2 N–H and O–H groups in total. The van der Waals surface area contributed by atoms with Crippen molar-refractivity contribution in [2.45, 2.75) is 57.1 Å². The predicted octanol–water partition coefficient (Wildman–Crippen LogP) is 3.19. The summed E-state index contributed by atoms with van der Waals surface area (Å²) in [6.07, 6.45) is 10.5. The van der Waals surface area contributed by atoms with Gasteiger partial charge >= 0.3 is 0 Å². The first-order chi connectivity index (χ1) is 16.7. The molecule has 2 fully saturated rings. The van der Waals surface area contributed by atoms with E-state index in [4.69, 9.17) is 9.47 Å². The molecule has 1 unspecified atom stereocenters. The van der Waals surface area contributed by atoms with Crippen molar-refractivity contribution in [2.24, 2.45) is 0 Å². The number of ether oxygens (including phenoxy) is 2. The van der Waals surface area contributed by atoms with E-state index >= 15 is 0 Å². The number of amides is 2. The Morgan fingerprint density at radius 3 is 2.74 bits per heavy atom. The van der Waals surface area contributed by atoms with Crippen LogP contribution in [0.2, 0.25) is 0 Å². The van der Waals surface area contributed by atoms with E-state index in [9.17, 15) is 9.59 Å². The van der Waals surface area contributed by atoms with Crippen LogP contribution < -0.4 is 10.6 Å². The Morgan fingerprint density at radius 1 is 1.09 bits per heavy atom. The summed E-state index contributed by atoms with van der Waals surface area (Å²) >= 11 is 0. The van der Waals surface area contributed by atoms with Crippen molar-refractivity contribution in [1.29, 1.82) is 0 Å². The Morgan fingerprint density at radius 2 is 1.91 bits per heavy atom. The maximum Gasteiger partial charge on any atom is 0.251 e. The number of hydrogen-bond acceptors (Lipinski definition) is 5. The molecule has 3 aliphatic rings. The van der Waals surface area contributed by atoms with Crippen molar-refractivity contribution < 1.29 is 19.1 Å². The highest BCUT2D eigenvalue weighted by Crippen LogP contribution is 2.27. The molecule has 2 atom stereocenters. The summed E-state index contributed by atoms with van der Waals surface area (Å²) in [6.45, 7) is 4.91. The van der Waals surface area contributed by atoms with Gasteiger partial charge in [0.05, 0.1) is 6.61 Å². The van der Waals surface area contributed by atoms with Crippen LogP contribution in [0.5, 0.6) is 0 Å². The second-order valence-corrected chi connectivity index (χ2v) is 9.32. The van der Waals surface area contributed by atoms with E-state index in [1.54, 1.807) is 12.1 Å². The molecule has 2 heterocycles. The molecule has 0 spiro atoms. The highest BCUT2D eigenvalue weighted by atomic mass is 16.6. The molecule has 4 rings (SSSR count). The first kappa shape index (κ1) is 24.5. The first-order valence-corrected chi connectivity index (χ1v) is 12.7. The maximum atomic E-state index is 12.7. The van der Waals surface area contributed by atoms with Crippen LogP contribution in [0.15, 0.2) is 53.8 Å². The smallest absolute Gasteiger partial charge is 0.251 e. The molecule has 7 heteroatoms. The highest BCUT2D eigenvalue weighted by molar-refractivity contribution is 5.94. The molecule has 0 radical (unpaired) electrons. The van der Waals surface area contributed by atoms with E-state index in [-0.39, 0.29) is 24.0 Å². The van der Waals surface area contributed by atoms with Crippen molar-refractivity contribution in [2.75, 3.05) is 39.4 Å². The number of nitrogens with one attached hydrogen (secondary N) is 2. The summed E-state index contributed by atoms with van der Waals surface area (Å²) in [5.41, 5.74) is 1.87. The second kappa shape index (κ2) is 12.7. The van der Waals surface area contributed by atoms with Gasteiger partial charge in [-0.15, -0.1) is 0 Å². The number of benzene rings is 1. The number of allylic oxidation sites excluding steroid dienone is 1. The lowest BCUT2D eigenvalue weighted by molar-refractivity contribution is -0.122. The average molecular weight is 468 g/mol. The maximum absolute atomic E-state index is 12.7. The molecule has 1 aromatic carbocycles. The van der Waals surface area contributed by atoms with Crippen LogP contribution in [0.4, 0.5) is 0 Å². The normalized spacial score (nSPS) is 21.0. The van der Waals surface area contributed by atoms with Crippen LogP contribution in [-0.2, 0) is 14.3 Å².